The summed E-state index contributed by atoms with van der Waals surface area (Å²) >= 11 is 0. The van der Waals surface area contributed by atoms with Gasteiger partial charge in [-0.2, -0.15) is 0 Å². The Labute approximate surface area is 162 Å². The topological polar surface area (TPSA) is 71.1 Å². The number of ether oxygens (including phenoxy) is 4. The lowest BCUT2D eigenvalue weighted by molar-refractivity contribution is 0.0468. The van der Waals surface area contributed by atoms with Crippen molar-refractivity contribution in [3.8, 4) is 17.2 Å². The van der Waals surface area contributed by atoms with Gasteiger partial charge in [-0.15, -0.1) is 0 Å². The number of hydrogen-bond acceptors (Lipinski definition) is 6. The van der Waals surface area contributed by atoms with Crippen LogP contribution >= 0.6 is 0 Å². The van der Waals surface area contributed by atoms with E-state index in [-0.39, 0.29) is 18.0 Å². The van der Waals surface area contributed by atoms with Crippen LogP contribution in [0.5, 0.6) is 17.2 Å². The number of Topliss-reactive ketones (excluding diaryl/α,β-unsaturated/α-hetero) is 1. The van der Waals surface area contributed by atoms with Gasteiger partial charge in [0.05, 0.1) is 21.3 Å². The number of carbonyl (C=O) groups is 2. The number of ketones is 1. The van der Waals surface area contributed by atoms with Gasteiger partial charge in [-0.3, -0.25) is 4.79 Å². The molecule has 0 saturated carbocycles. The Bertz CT molecular complexity index is 1000. The van der Waals surface area contributed by atoms with Gasteiger partial charge in [0.1, 0.15) is 22.8 Å². The third-order valence-corrected chi connectivity index (χ3v) is 4.34. The molecule has 3 aromatic rings. The molecule has 0 aliphatic heterocycles. The van der Waals surface area contributed by atoms with Crippen molar-refractivity contribution >= 4 is 22.5 Å². The number of hydrogen-bond donors (Lipinski definition) is 0. The average Bonchev–Trinajstić information content (AvgIpc) is 2.75. The van der Waals surface area contributed by atoms with Crippen molar-refractivity contribution in [3.05, 3.63) is 65.7 Å². The van der Waals surface area contributed by atoms with Crippen molar-refractivity contribution in [2.24, 2.45) is 0 Å². The molecule has 0 N–H and O–H groups in total. The van der Waals surface area contributed by atoms with E-state index >= 15 is 0 Å². The van der Waals surface area contributed by atoms with Crippen LogP contribution in [-0.4, -0.2) is 39.7 Å². The van der Waals surface area contributed by atoms with Crippen LogP contribution in [0.4, 0.5) is 0 Å². The van der Waals surface area contributed by atoms with Crippen molar-refractivity contribution < 1.29 is 28.5 Å². The minimum atomic E-state index is -0.687. The molecule has 0 aliphatic rings. The molecule has 0 aromatic heterocycles. The van der Waals surface area contributed by atoms with Gasteiger partial charge in [0.25, 0.3) is 0 Å². The molecular weight excluding hydrogens is 360 g/mol. The Morgan fingerprint density at radius 1 is 0.786 bits per heavy atom. The highest BCUT2D eigenvalue weighted by Gasteiger charge is 2.21. The van der Waals surface area contributed by atoms with Crippen LogP contribution in [0.15, 0.2) is 54.6 Å². The summed E-state index contributed by atoms with van der Waals surface area (Å²) in [6.07, 6.45) is 0. The summed E-state index contributed by atoms with van der Waals surface area (Å²) in [5, 5.41) is 1.84. The van der Waals surface area contributed by atoms with Gasteiger partial charge < -0.3 is 18.9 Å². The molecule has 6 nitrogen and oxygen atoms in total. The molecule has 6 heteroatoms. The average molecular weight is 380 g/mol. The predicted molar refractivity (Wildman–Crippen MR) is 105 cm³/mol. The van der Waals surface area contributed by atoms with Crippen molar-refractivity contribution in [1.82, 2.24) is 0 Å². The number of esters is 1. The Kier molecular flexibility index (Phi) is 5.79. The Morgan fingerprint density at radius 2 is 1.43 bits per heavy atom. The molecule has 3 aromatic carbocycles. The first kappa shape index (κ1) is 19.2. The Morgan fingerprint density at radius 3 is 2.07 bits per heavy atom. The highest BCUT2D eigenvalue weighted by Crippen LogP contribution is 2.29. The summed E-state index contributed by atoms with van der Waals surface area (Å²) in [4.78, 5) is 25.0. The molecule has 28 heavy (non-hydrogen) atoms. The van der Waals surface area contributed by atoms with Gasteiger partial charge in [-0.1, -0.05) is 24.3 Å². The summed E-state index contributed by atoms with van der Waals surface area (Å²) in [7, 11) is 4.49. The monoisotopic (exact) mass is 380 g/mol. The Hall–Kier alpha value is -3.54. The first-order valence-corrected chi connectivity index (χ1v) is 8.56. The molecule has 0 fully saturated rings. The number of rotatable bonds is 7. The third-order valence-electron chi connectivity index (χ3n) is 4.34. The van der Waals surface area contributed by atoms with E-state index in [1.807, 2.05) is 24.3 Å². The fourth-order valence-electron chi connectivity index (χ4n) is 2.86. The highest BCUT2D eigenvalue weighted by molar-refractivity contribution is 6.03. The fourth-order valence-corrected chi connectivity index (χ4v) is 2.86. The van der Waals surface area contributed by atoms with Crippen molar-refractivity contribution in [1.29, 1.82) is 0 Å². The summed E-state index contributed by atoms with van der Waals surface area (Å²) in [5.74, 6) is 0.382. The molecule has 0 bridgehead atoms. The van der Waals surface area contributed by atoms with Gasteiger partial charge in [-0.25, -0.2) is 4.79 Å². The first-order chi connectivity index (χ1) is 13.6. The van der Waals surface area contributed by atoms with E-state index in [0.717, 1.165) is 16.5 Å². The molecule has 0 radical (unpaired) electrons. The molecule has 0 atom stereocenters. The first-order valence-electron chi connectivity index (χ1n) is 8.56. The summed E-state index contributed by atoms with van der Waals surface area (Å²) < 4.78 is 20.8. The minimum absolute atomic E-state index is 0.144. The third kappa shape index (κ3) is 3.91. The maximum atomic E-state index is 12.5. The van der Waals surface area contributed by atoms with E-state index in [4.69, 9.17) is 18.9 Å². The zero-order valence-electron chi connectivity index (χ0n) is 15.9. The van der Waals surface area contributed by atoms with E-state index in [0.29, 0.717) is 17.1 Å². The summed E-state index contributed by atoms with van der Waals surface area (Å²) in [5.41, 5.74) is 0.600. The lowest BCUT2D eigenvalue weighted by Crippen LogP contribution is -2.15. The summed E-state index contributed by atoms with van der Waals surface area (Å²) in [6.45, 7) is -0.387. The minimum Gasteiger partial charge on any atom is -0.497 e. The lowest BCUT2D eigenvalue weighted by Gasteiger charge is -2.12. The van der Waals surface area contributed by atoms with E-state index in [1.165, 1.54) is 14.2 Å². The molecule has 0 unspecified atom stereocenters. The van der Waals surface area contributed by atoms with Crippen LogP contribution in [0.25, 0.3) is 10.8 Å². The highest BCUT2D eigenvalue weighted by atomic mass is 16.5. The number of methoxy groups -OCH3 is 3. The number of fused-ring (bicyclic) bond motifs is 1. The summed E-state index contributed by atoms with van der Waals surface area (Å²) in [6, 6.07) is 15.8. The van der Waals surface area contributed by atoms with Gasteiger partial charge >= 0.3 is 5.97 Å². The molecule has 3 rings (SSSR count). The molecule has 0 amide bonds. The van der Waals surface area contributed by atoms with E-state index in [1.54, 1.807) is 37.4 Å². The van der Waals surface area contributed by atoms with E-state index in [2.05, 4.69) is 0 Å². The van der Waals surface area contributed by atoms with Gasteiger partial charge in [0.2, 0.25) is 0 Å². The van der Waals surface area contributed by atoms with Gasteiger partial charge in [0.15, 0.2) is 12.4 Å². The number of benzene rings is 3. The zero-order valence-corrected chi connectivity index (χ0v) is 15.9. The second-order valence-corrected chi connectivity index (χ2v) is 5.96. The van der Waals surface area contributed by atoms with Gasteiger partial charge in [0, 0.05) is 5.56 Å². The smallest absolute Gasteiger partial charge is 0.346 e. The quantitative estimate of drug-likeness (QED) is 0.457. The largest absolute Gasteiger partial charge is 0.497 e. The fraction of sp³-hybridized carbons (Fsp3) is 0.182. The van der Waals surface area contributed by atoms with E-state index < -0.39 is 5.97 Å². The van der Waals surface area contributed by atoms with Crippen molar-refractivity contribution in [3.63, 3.8) is 0 Å². The van der Waals surface area contributed by atoms with Crippen LogP contribution in [0.3, 0.4) is 0 Å². The molecule has 0 heterocycles. The van der Waals surface area contributed by atoms with E-state index in [9.17, 15) is 9.59 Å². The standard InChI is InChI=1S/C22H20O6/c1-25-17-10-9-14-11-16(8-7-15(14)12-17)18(23)13-28-22(24)21-19(26-2)5-4-6-20(21)27-3/h4-12H,13H2,1-3H3. The predicted octanol–water partition coefficient (Wildman–Crippen LogP) is 3.91. The molecule has 0 aliphatic carbocycles. The zero-order chi connectivity index (χ0) is 20.1. The maximum Gasteiger partial charge on any atom is 0.346 e. The van der Waals surface area contributed by atoms with Crippen LogP contribution in [0, 0.1) is 0 Å². The SMILES string of the molecule is COc1ccc2cc(C(=O)COC(=O)c3c(OC)cccc3OC)ccc2c1. The second-order valence-electron chi connectivity index (χ2n) is 5.96. The van der Waals surface area contributed by atoms with Crippen LogP contribution in [0.2, 0.25) is 0 Å². The maximum absolute atomic E-state index is 12.5. The molecule has 144 valence electrons. The second kappa shape index (κ2) is 8.43. The lowest BCUT2D eigenvalue weighted by atomic mass is 10.0. The van der Waals surface area contributed by atoms with Crippen molar-refractivity contribution in [2.75, 3.05) is 27.9 Å². The van der Waals surface area contributed by atoms with Crippen LogP contribution in [-0.2, 0) is 4.74 Å². The molecule has 0 saturated heterocycles. The van der Waals surface area contributed by atoms with Gasteiger partial charge in [-0.05, 0) is 41.1 Å². The number of carbonyl (C=O) groups excluding carboxylic acids is 2. The Balaban J connectivity index is 1.75. The molecule has 0 spiro atoms. The van der Waals surface area contributed by atoms with Crippen molar-refractivity contribution in [2.45, 2.75) is 0 Å². The normalized spacial score (nSPS) is 10.4. The molecular formula is C22H20O6. The van der Waals surface area contributed by atoms with Crippen LogP contribution < -0.4 is 14.2 Å². The van der Waals surface area contributed by atoms with Crippen LogP contribution in [0.1, 0.15) is 20.7 Å².